The van der Waals surface area contributed by atoms with Gasteiger partial charge in [0.15, 0.2) is 0 Å². The number of nitrogens with zero attached hydrogens (tertiary/aromatic N) is 2. The van der Waals surface area contributed by atoms with Crippen molar-refractivity contribution in [3.63, 3.8) is 0 Å². The Labute approximate surface area is 109 Å². The second kappa shape index (κ2) is 5.65. The van der Waals surface area contributed by atoms with Gasteiger partial charge in [0, 0.05) is 6.54 Å². The molecule has 19 heavy (non-hydrogen) atoms. The number of H-pyrrole nitrogens is 1. The van der Waals surface area contributed by atoms with Crippen LogP contribution >= 0.6 is 0 Å². The number of ether oxygens (including phenoxy) is 1. The number of rotatable bonds is 4. The second-order valence-corrected chi connectivity index (χ2v) is 4.92. The number of nitro groups is 1. The Kier molecular flexibility index (Phi) is 4.43. The molecule has 1 heterocycles. The lowest BCUT2D eigenvalue weighted by atomic mass is 10.2. The molecule has 0 fully saturated rings. The summed E-state index contributed by atoms with van der Waals surface area (Å²) in [7, 11) is 0. The normalized spacial score (nSPS) is 12.8. The molecule has 0 saturated heterocycles. The average Bonchev–Trinajstić information content (AvgIpc) is 2.72. The van der Waals surface area contributed by atoms with Crippen LogP contribution in [0.15, 0.2) is 6.20 Å². The van der Waals surface area contributed by atoms with Crippen molar-refractivity contribution in [2.75, 3.05) is 6.54 Å². The fraction of sp³-hybridized carbons (Fsp3) is 0.600. The van der Waals surface area contributed by atoms with Gasteiger partial charge in [-0.1, -0.05) is 0 Å². The molecule has 9 nitrogen and oxygen atoms in total. The lowest BCUT2D eigenvalue weighted by Crippen LogP contribution is -2.36. The van der Waals surface area contributed by atoms with Crippen LogP contribution in [0.1, 0.15) is 32.5 Å². The van der Waals surface area contributed by atoms with E-state index in [-0.39, 0.29) is 17.9 Å². The maximum absolute atomic E-state index is 11.4. The van der Waals surface area contributed by atoms with Gasteiger partial charge in [-0.2, -0.15) is 5.10 Å². The zero-order valence-electron chi connectivity index (χ0n) is 11.0. The van der Waals surface area contributed by atoms with Crippen molar-refractivity contribution in [1.29, 1.82) is 0 Å². The molecule has 0 aromatic carbocycles. The predicted molar refractivity (Wildman–Crippen MR) is 66.4 cm³/mol. The summed E-state index contributed by atoms with van der Waals surface area (Å²) in [5.74, 6) is 0. The Morgan fingerprint density at radius 3 is 2.84 bits per heavy atom. The van der Waals surface area contributed by atoms with E-state index in [0.717, 1.165) is 6.20 Å². The number of alkyl carbamates (subject to hydrolysis) is 1. The van der Waals surface area contributed by atoms with Gasteiger partial charge in [0.05, 0.1) is 11.0 Å². The van der Waals surface area contributed by atoms with Gasteiger partial charge in [0.2, 0.25) is 0 Å². The molecule has 1 aromatic heterocycles. The van der Waals surface area contributed by atoms with Crippen LogP contribution in [-0.4, -0.2) is 33.4 Å². The third-order valence-corrected chi connectivity index (χ3v) is 2.08. The number of nitrogens with two attached hydrogens (primary N) is 1. The molecule has 0 aliphatic carbocycles. The number of carbonyl (C=O) groups is 1. The molecular weight excluding hydrogens is 254 g/mol. The van der Waals surface area contributed by atoms with Crippen molar-refractivity contribution in [1.82, 2.24) is 15.5 Å². The first kappa shape index (κ1) is 14.9. The van der Waals surface area contributed by atoms with Crippen LogP contribution in [0, 0.1) is 10.1 Å². The fourth-order valence-corrected chi connectivity index (χ4v) is 1.32. The van der Waals surface area contributed by atoms with Crippen LogP contribution in [0.2, 0.25) is 0 Å². The van der Waals surface area contributed by atoms with E-state index in [1.54, 1.807) is 20.8 Å². The van der Waals surface area contributed by atoms with Crippen LogP contribution in [-0.2, 0) is 4.74 Å². The number of nitrogens with one attached hydrogen (secondary N) is 2. The molecule has 1 aromatic rings. The van der Waals surface area contributed by atoms with Gasteiger partial charge in [-0.25, -0.2) is 4.79 Å². The van der Waals surface area contributed by atoms with Gasteiger partial charge in [0.1, 0.15) is 17.5 Å². The Morgan fingerprint density at radius 1 is 1.68 bits per heavy atom. The minimum Gasteiger partial charge on any atom is -0.444 e. The highest BCUT2D eigenvalue weighted by atomic mass is 16.6. The van der Waals surface area contributed by atoms with E-state index in [2.05, 4.69) is 15.5 Å². The molecule has 0 aliphatic rings. The number of amides is 1. The highest BCUT2D eigenvalue weighted by molar-refractivity contribution is 5.67. The molecule has 106 valence electrons. The highest BCUT2D eigenvalue weighted by Crippen LogP contribution is 2.19. The van der Waals surface area contributed by atoms with Crippen LogP contribution in [0.5, 0.6) is 0 Å². The molecule has 9 heteroatoms. The predicted octanol–water partition coefficient (Wildman–Crippen LogP) is 0.842. The van der Waals surface area contributed by atoms with E-state index in [1.165, 1.54) is 0 Å². The van der Waals surface area contributed by atoms with Gasteiger partial charge < -0.3 is 15.8 Å². The SMILES string of the molecule is CC(C)(C)OC(=O)NCC(N)c1[nH]ncc1[N+](=O)[O-]. The third-order valence-electron chi connectivity index (χ3n) is 2.08. The number of hydrogen-bond acceptors (Lipinski definition) is 6. The van der Waals surface area contributed by atoms with Gasteiger partial charge >= 0.3 is 11.8 Å². The van der Waals surface area contributed by atoms with E-state index >= 15 is 0 Å². The first-order valence-electron chi connectivity index (χ1n) is 5.61. The monoisotopic (exact) mass is 271 g/mol. The Hall–Kier alpha value is -2.16. The summed E-state index contributed by atoms with van der Waals surface area (Å²) in [4.78, 5) is 21.5. The number of aromatic nitrogens is 2. The van der Waals surface area contributed by atoms with Crippen LogP contribution in [0.3, 0.4) is 0 Å². The molecule has 0 bridgehead atoms. The van der Waals surface area contributed by atoms with Gasteiger partial charge in [0.25, 0.3) is 0 Å². The van der Waals surface area contributed by atoms with Gasteiger partial charge in [-0.05, 0) is 20.8 Å². The molecule has 0 spiro atoms. The number of hydrogen-bond donors (Lipinski definition) is 3. The minimum absolute atomic E-state index is 0.00204. The molecule has 1 unspecified atom stereocenters. The first-order valence-corrected chi connectivity index (χ1v) is 5.61. The number of aromatic amines is 1. The molecule has 1 rings (SSSR count). The molecule has 4 N–H and O–H groups in total. The molecule has 0 radical (unpaired) electrons. The molecular formula is C10H17N5O4. The summed E-state index contributed by atoms with van der Waals surface area (Å²) in [6, 6.07) is -0.768. The van der Waals surface area contributed by atoms with Crippen molar-refractivity contribution in [2.24, 2.45) is 5.73 Å². The maximum atomic E-state index is 11.4. The Balaban J connectivity index is 2.56. The number of carbonyl (C=O) groups excluding carboxylic acids is 1. The highest BCUT2D eigenvalue weighted by Gasteiger charge is 2.23. The summed E-state index contributed by atoms with van der Waals surface area (Å²) in [5, 5.41) is 19.1. The standard InChI is InChI=1S/C10H17N5O4/c1-10(2,3)19-9(16)12-4-6(11)8-7(15(17)18)5-13-14-8/h5-6H,4,11H2,1-3H3,(H,12,16)(H,13,14). The summed E-state index contributed by atoms with van der Waals surface area (Å²) in [6.45, 7) is 5.18. The lowest BCUT2D eigenvalue weighted by molar-refractivity contribution is -0.385. The van der Waals surface area contributed by atoms with Crippen molar-refractivity contribution >= 4 is 11.8 Å². The third kappa shape index (κ3) is 4.54. The molecule has 0 saturated carbocycles. The van der Waals surface area contributed by atoms with Gasteiger partial charge in [-0.3, -0.25) is 15.2 Å². The summed E-state index contributed by atoms with van der Waals surface area (Å²) >= 11 is 0. The summed E-state index contributed by atoms with van der Waals surface area (Å²) in [6.07, 6.45) is 0.438. The topological polar surface area (TPSA) is 136 Å². The lowest BCUT2D eigenvalue weighted by Gasteiger charge is -2.20. The van der Waals surface area contributed by atoms with Crippen molar-refractivity contribution in [2.45, 2.75) is 32.4 Å². The van der Waals surface area contributed by atoms with E-state index < -0.39 is 22.7 Å². The minimum atomic E-state index is -0.768. The fourth-order valence-electron chi connectivity index (χ4n) is 1.32. The van der Waals surface area contributed by atoms with Crippen LogP contribution in [0.4, 0.5) is 10.5 Å². The van der Waals surface area contributed by atoms with Crippen molar-refractivity contribution in [3.8, 4) is 0 Å². The molecule has 0 aliphatic heterocycles. The van der Waals surface area contributed by atoms with Gasteiger partial charge in [-0.15, -0.1) is 0 Å². The quantitative estimate of drug-likeness (QED) is 0.548. The maximum Gasteiger partial charge on any atom is 0.407 e. The Morgan fingerprint density at radius 2 is 2.32 bits per heavy atom. The van der Waals surface area contributed by atoms with E-state index in [0.29, 0.717) is 0 Å². The van der Waals surface area contributed by atoms with Crippen molar-refractivity contribution < 1.29 is 14.5 Å². The van der Waals surface area contributed by atoms with Crippen molar-refractivity contribution in [3.05, 3.63) is 22.0 Å². The molecule has 1 amide bonds. The summed E-state index contributed by atoms with van der Waals surface area (Å²) in [5.41, 5.74) is 5.07. The zero-order valence-corrected chi connectivity index (χ0v) is 11.0. The van der Waals surface area contributed by atoms with E-state index in [1.807, 2.05) is 0 Å². The van der Waals surface area contributed by atoms with Crippen LogP contribution < -0.4 is 11.1 Å². The summed E-state index contributed by atoms with van der Waals surface area (Å²) < 4.78 is 5.02. The van der Waals surface area contributed by atoms with E-state index in [4.69, 9.17) is 10.5 Å². The second-order valence-electron chi connectivity index (χ2n) is 4.92. The molecule has 1 atom stereocenters. The van der Waals surface area contributed by atoms with E-state index in [9.17, 15) is 14.9 Å². The Bertz CT molecular complexity index is 465. The smallest absolute Gasteiger partial charge is 0.407 e. The average molecular weight is 271 g/mol. The largest absolute Gasteiger partial charge is 0.444 e. The first-order chi connectivity index (χ1) is 8.70. The zero-order chi connectivity index (χ0) is 14.6. The van der Waals surface area contributed by atoms with Crippen LogP contribution in [0.25, 0.3) is 0 Å².